The van der Waals surface area contributed by atoms with E-state index in [1.54, 1.807) is 6.08 Å². The van der Waals surface area contributed by atoms with Gasteiger partial charge in [0, 0.05) is 23.5 Å². The van der Waals surface area contributed by atoms with Crippen molar-refractivity contribution in [3.63, 3.8) is 0 Å². The summed E-state index contributed by atoms with van der Waals surface area (Å²) in [6.45, 7) is 4.95. The van der Waals surface area contributed by atoms with Crippen LogP contribution in [0.4, 0.5) is 4.79 Å². The number of fused-ring (bicyclic) bond motifs is 1. The first-order valence-electron chi connectivity index (χ1n) is 13.4. The minimum absolute atomic E-state index is 0.299. The fourth-order valence-electron chi connectivity index (χ4n) is 5.20. The first-order valence-corrected chi connectivity index (χ1v) is 14.2. The van der Waals surface area contributed by atoms with Crippen molar-refractivity contribution >= 4 is 40.0 Å². The molecule has 3 aromatic carbocycles. The number of nitrogens with one attached hydrogen (secondary N) is 1. The lowest BCUT2D eigenvalue weighted by atomic mass is 10.1. The number of thioether (sulfide) groups is 1. The zero-order valence-electron chi connectivity index (χ0n) is 22.2. The number of hydrogen-bond donors (Lipinski definition) is 1. The topological polar surface area (TPSA) is 81.0 Å². The molecule has 0 radical (unpaired) electrons. The molecular weight excluding hydrogens is 524 g/mol. The second-order valence-corrected chi connectivity index (χ2v) is 11.1. The average Bonchev–Trinajstić information content (AvgIpc) is 3.64. The van der Waals surface area contributed by atoms with Crippen LogP contribution >= 0.6 is 11.8 Å². The highest BCUT2D eigenvalue weighted by Gasteiger charge is 2.27. The molecule has 1 atom stereocenters. The average molecular weight is 555 g/mol. The van der Waals surface area contributed by atoms with E-state index in [2.05, 4.69) is 28.4 Å². The van der Waals surface area contributed by atoms with Crippen molar-refractivity contribution in [3.05, 3.63) is 100 Å². The summed E-state index contributed by atoms with van der Waals surface area (Å²) in [5, 5.41) is 3.03. The summed E-state index contributed by atoms with van der Waals surface area (Å²) in [6, 6.07) is 24.1. The summed E-state index contributed by atoms with van der Waals surface area (Å²) >= 11 is 0.916. The van der Waals surface area contributed by atoms with Gasteiger partial charge < -0.3 is 13.9 Å². The van der Waals surface area contributed by atoms with E-state index in [0.29, 0.717) is 24.2 Å². The predicted molar refractivity (Wildman–Crippen MR) is 156 cm³/mol. The SMILES string of the molecule is Cc1oc2ccc(OCc3ccccc3)cc2c1CN1CCCC1COc1ccc(/C=C2/SC(=O)NC2=O)cc1. The van der Waals surface area contributed by atoms with E-state index in [-0.39, 0.29) is 11.1 Å². The van der Waals surface area contributed by atoms with Crippen molar-refractivity contribution in [1.29, 1.82) is 0 Å². The summed E-state index contributed by atoms with van der Waals surface area (Å²) in [4.78, 5) is 26.0. The number of amides is 2. The van der Waals surface area contributed by atoms with E-state index >= 15 is 0 Å². The molecule has 2 aliphatic rings. The van der Waals surface area contributed by atoms with E-state index in [9.17, 15) is 9.59 Å². The Labute approximate surface area is 237 Å². The first-order chi connectivity index (χ1) is 19.5. The molecule has 7 nitrogen and oxygen atoms in total. The van der Waals surface area contributed by atoms with Gasteiger partial charge in [0.15, 0.2) is 0 Å². The number of rotatable bonds is 9. The molecule has 2 saturated heterocycles. The second kappa shape index (κ2) is 11.6. The summed E-state index contributed by atoms with van der Waals surface area (Å²) in [5.41, 5.74) is 4.04. The Balaban J connectivity index is 1.09. The number of aryl methyl sites for hydroxylation is 1. The molecule has 1 N–H and O–H groups in total. The van der Waals surface area contributed by atoms with Gasteiger partial charge in [0.25, 0.3) is 11.1 Å². The van der Waals surface area contributed by atoms with Crippen molar-refractivity contribution < 1.29 is 23.5 Å². The van der Waals surface area contributed by atoms with Crippen LogP contribution in [0.25, 0.3) is 17.0 Å². The lowest BCUT2D eigenvalue weighted by Gasteiger charge is -2.24. The van der Waals surface area contributed by atoms with Gasteiger partial charge >= 0.3 is 0 Å². The Kier molecular flexibility index (Phi) is 7.62. The molecule has 0 saturated carbocycles. The maximum Gasteiger partial charge on any atom is 0.290 e. The van der Waals surface area contributed by atoms with Crippen molar-refractivity contribution in [2.75, 3.05) is 13.2 Å². The van der Waals surface area contributed by atoms with Crippen molar-refractivity contribution in [3.8, 4) is 11.5 Å². The third-order valence-electron chi connectivity index (χ3n) is 7.34. The lowest BCUT2D eigenvalue weighted by molar-refractivity contribution is -0.115. The number of ether oxygens (including phenoxy) is 2. The summed E-state index contributed by atoms with van der Waals surface area (Å²) in [7, 11) is 0. The van der Waals surface area contributed by atoms with Gasteiger partial charge in [-0.25, -0.2) is 0 Å². The van der Waals surface area contributed by atoms with Crippen LogP contribution in [0.1, 0.15) is 35.3 Å². The van der Waals surface area contributed by atoms with Crippen LogP contribution in [-0.2, 0) is 17.9 Å². The zero-order chi connectivity index (χ0) is 27.5. The van der Waals surface area contributed by atoms with E-state index in [0.717, 1.165) is 77.0 Å². The molecule has 3 heterocycles. The minimum Gasteiger partial charge on any atom is -0.492 e. The van der Waals surface area contributed by atoms with Gasteiger partial charge in [-0.2, -0.15) is 0 Å². The molecule has 0 bridgehead atoms. The van der Waals surface area contributed by atoms with Crippen LogP contribution in [0.2, 0.25) is 0 Å². The number of carbonyl (C=O) groups excluding carboxylic acids is 2. The van der Waals surface area contributed by atoms with E-state index in [4.69, 9.17) is 13.9 Å². The highest BCUT2D eigenvalue weighted by Crippen LogP contribution is 2.32. The number of benzene rings is 3. The summed E-state index contributed by atoms with van der Waals surface area (Å²) < 4.78 is 18.4. The van der Waals surface area contributed by atoms with Gasteiger partial charge in [-0.05, 0) is 85.6 Å². The molecule has 0 aliphatic carbocycles. The van der Waals surface area contributed by atoms with Crippen molar-refractivity contribution in [2.24, 2.45) is 0 Å². The van der Waals surface area contributed by atoms with E-state index in [1.807, 2.05) is 61.5 Å². The van der Waals surface area contributed by atoms with Gasteiger partial charge in [0.05, 0.1) is 4.91 Å². The lowest BCUT2D eigenvalue weighted by Crippen LogP contribution is -2.33. The van der Waals surface area contributed by atoms with Gasteiger partial charge in [-0.15, -0.1) is 0 Å². The number of nitrogens with zero attached hydrogens (tertiary/aromatic N) is 1. The molecule has 40 heavy (non-hydrogen) atoms. The third-order valence-corrected chi connectivity index (χ3v) is 8.15. The van der Waals surface area contributed by atoms with Crippen LogP contribution in [-0.4, -0.2) is 35.2 Å². The Bertz CT molecular complexity index is 1560. The fourth-order valence-corrected chi connectivity index (χ4v) is 5.88. The molecule has 1 unspecified atom stereocenters. The third kappa shape index (κ3) is 5.93. The van der Waals surface area contributed by atoms with E-state index < -0.39 is 0 Å². The molecule has 4 aromatic rings. The smallest absolute Gasteiger partial charge is 0.290 e. The fraction of sp³-hybridized carbons (Fsp3) is 0.250. The normalized spacial score (nSPS) is 18.5. The van der Waals surface area contributed by atoms with Crippen LogP contribution < -0.4 is 14.8 Å². The largest absolute Gasteiger partial charge is 0.492 e. The van der Waals surface area contributed by atoms with Gasteiger partial charge in [0.1, 0.15) is 36.1 Å². The Morgan fingerprint density at radius 3 is 2.60 bits per heavy atom. The van der Waals surface area contributed by atoms with Gasteiger partial charge in [0.2, 0.25) is 0 Å². The van der Waals surface area contributed by atoms with E-state index in [1.165, 1.54) is 5.56 Å². The Morgan fingerprint density at radius 1 is 1.02 bits per heavy atom. The molecule has 2 amide bonds. The number of hydrogen-bond acceptors (Lipinski definition) is 7. The maximum absolute atomic E-state index is 11.8. The monoisotopic (exact) mass is 554 g/mol. The Morgan fingerprint density at radius 2 is 1.82 bits per heavy atom. The number of likely N-dealkylation sites (tertiary alicyclic amines) is 1. The number of carbonyl (C=O) groups is 2. The van der Waals surface area contributed by atoms with Crippen molar-refractivity contribution in [2.45, 2.75) is 39.0 Å². The predicted octanol–water partition coefficient (Wildman–Crippen LogP) is 6.69. The molecule has 0 spiro atoms. The molecule has 204 valence electrons. The Hall–Kier alpha value is -4.01. The first kappa shape index (κ1) is 26.2. The number of furan rings is 1. The molecule has 1 aromatic heterocycles. The zero-order valence-corrected chi connectivity index (χ0v) is 23.0. The molecule has 8 heteroatoms. The van der Waals surface area contributed by atoms with Crippen LogP contribution in [0, 0.1) is 6.92 Å². The van der Waals surface area contributed by atoms with Crippen LogP contribution in [0.15, 0.2) is 82.1 Å². The quantitative estimate of drug-likeness (QED) is 0.231. The highest BCUT2D eigenvalue weighted by molar-refractivity contribution is 8.18. The summed E-state index contributed by atoms with van der Waals surface area (Å²) in [6.07, 6.45) is 3.91. The van der Waals surface area contributed by atoms with Gasteiger partial charge in [-0.3, -0.25) is 19.8 Å². The standard InChI is InChI=1S/C32H30N2O5S/c1-21-28(27-17-26(13-14-29(27)39-21)37-19-23-6-3-2-4-7-23)18-34-15-5-8-24(34)20-38-25-11-9-22(10-12-25)16-30-31(35)33-32(36)40-30/h2-4,6-7,9-14,16-17,24H,5,8,15,18-20H2,1H3,(H,33,35,36)/b30-16+. The minimum atomic E-state index is -0.353. The van der Waals surface area contributed by atoms with Crippen molar-refractivity contribution in [1.82, 2.24) is 10.2 Å². The molecular formula is C32H30N2O5S. The molecule has 2 fully saturated rings. The summed E-state index contributed by atoms with van der Waals surface area (Å²) in [5.74, 6) is 2.19. The molecule has 6 rings (SSSR count). The van der Waals surface area contributed by atoms with Crippen LogP contribution in [0.3, 0.4) is 0 Å². The number of imide groups is 1. The maximum atomic E-state index is 11.8. The van der Waals surface area contributed by atoms with Gasteiger partial charge in [-0.1, -0.05) is 42.5 Å². The molecule has 2 aliphatic heterocycles. The van der Waals surface area contributed by atoms with Crippen LogP contribution in [0.5, 0.6) is 11.5 Å². The highest BCUT2D eigenvalue weighted by atomic mass is 32.2. The second-order valence-electron chi connectivity index (χ2n) is 10.1.